The highest BCUT2D eigenvalue weighted by Crippen LogP contribution is 2.30. The molecule has 0 aromatic heterocycles. The number of rotatable bonds is 4. The van der Waals surface area contributed by atoms with Gasteiger partial charge in [0.1, 0.15) is 5.75 Å². The zero-order chi connectivity index (χ0) is 12.1. The first kappa shape index (κ1) is 12.4. The molecule has 1 aliphatic rings. The Morgan fingerprint density at radius 2 is 1.88 bits per heavy atom. The van der Waals surface area contributed by atoms with Gasteiger partial charge in [0.15, 0.2) is 0 Å². The van der Waals surface area contributed by atoms with Crippen LogP contribution in [0.3, 0.4) is 0 Å². The highest BCUT2D eigenvalue weighted by atomic mass is 16.7. The fraction of sp³-hybridized carbons (Fsp3) is 0.538. The standard InChI is InChI=1S/C13H19NO3/c1-2-15-12-6-4-11(5-7-12)13(10-14)16-8-3-9-17-13/h4-7H,2-3,8-10,14H2,1H3. The normalized spacial score (nSPS) is 18.9. The quantitative estimate of drug-likeness (QED) is 0.864. The number of ether oxygens (including phenoxy) is 3. The number of nitrogens with two attached hydrogens (primary N) is 1. The van der Waals surface area contributed by atoms with E-state index in [0.717, 1.165) is 17.7 Å². The number of hydrogen-bond acceptors (Lipinski definition) is 4. The van der Waals surface area contributed by atoms with Gasteiger partial charge in [-0.25, -0.2) is 0 Å². The third-order valence-electron chi connectivity index (χ3n) is 2.83. The van der Waals surface area contributed by atoms with Crippen LogP contribution in [0.15, 0.2) is 24.3 Å². The third kappa shape index (κ3) is 2.60. The highest BCUT2D eigenvalue weighted by molar-refractivity contribution is 5.30. The largest absolute Gasteiger partial charge is 0.494 e. The van der Waals surface area contributed by atoms with Crippen LogP contribution in [-0.2, 0) is 15.3 Å². The molecule has 1 aromatic rings. The number of hydrogen-bond donors (Lipinski definition) is 1. The van der Waals surface area contributed by atoms with Gasteiger partial charge < -0.3 is 19.9 Å². The Labute approximate surface area is 102 Å². The Morgan fingerprint density at radius 1 is 1.24 bits per heavy atom. The summed E-state index contributed by atoms with van der Waals surface area (Å²) in [5, 5.41) is 0. The van der Waals surface area contributed by atoms with Crippen LogP contribution in [0.5, 0.6) is 5.75 Å². The van der Waals surface area contributed by atoms with Crippen LogP contribution in [0.25, 0.3) is 0 Å². The minimum atomic E-state index is -0.775. The summed E-state index contributed by atoms with van der Waals surface area (Å²) in [6.45, 7) is 4.31. The van der Waals surface area contributed by atoms with Crippen molar-refractivity contribution in [2.45, 2.75) is 19.1 Å². The summed E-state index contributed by atoms with van der Waals surface area (Å²) in [5.74, 6) is 0.0717. The predicted molar refractivity (Wildman–Crippen MR) is 64.9 cm³/mol. The molecule has 0 radical (unpaired) electrons. The van der Waals surface area contributed by atoms with Gasteiger partial charge in [0.2, 0.25) is 5.79 Å². The lowest BCUT2D eigenvalue weighted by Crippen LogP contribution is -2.44. The van der Waals surface area contributed by atoms with Crippen molar-refractivity contribution in [1.29, 1.82) is 0 Å². The van der Waals surface area contributed by atoms with Crippen LogP contribution in [0.2, 0.25) is 0 Å². The van der Waals surface area contributed by atoms with Crippen molar-refractivity contribution in [3.05, 3.63) is 29.8 Å². The molecule has 0 bridgehead atoms. The molecular formula is C13H19NO3. The maximum atomic E-state index is 5.79. The summed E-state index contributed by atoms with van der Waals surface area (Å²) in [7, 11) is 0. The van der Waals surface area contributed by atoms with Crippen molar-refractivity contribution in [2.75, 3.05) is 26.4 Å². The fourth-order valence-electron chi connectivity index (χ4n) is 1.95. The summed E-state index contributed by atoms with van der Waals surface area (Å²) in [5.41, 5.74) is 6.73. The van der Waals surface area contributed by atoms with Gasteiger partial charge in [-0.1, -0.05) is 0 Å². The molecule has 0 saturated carbocycles. The Hall–Kier alpha value is -1.10. The monoisotopic (exact) mass is 237 g/mol. The van der Waals surface area contributed by atoms with Gasteiger partial charge in [0.05, 0.1) is 26.4 Å². The molecule has 1 aliphatic heterocycles. The Kier molecular flexibility index (Phi) is 3.99. The summed E-state index contributed by atoms with van der Waals surface area (Å²) < 4.78 is 16.8. The zero-order valence-electron chi connectivity index (χ0n) is 10.1. The van der Waals surface area contributed by atoms with Crippen LogP contribution in [-0.4, -0.2) is 26.4 Å². The van der Waals surface area contributed by atoms with Crippen molar-refractivity contribution in [2.24, 2.45) is 5.73 Å². The minimum Gasteiger partial charge on any atom is -0.494 e. The van der Waals surface area contributed by atoms with E-state index in [4.69, 9.17) is 19.9 Å². The van der Waals surface area contributed by atoms with Crippen LogP contribution in [0.1, 0.15) is 18.9 Å². The fourth-order valence-corrected chi connectivity index (χ4v) is 1.95. The molecule has 4 nitrogen and oxygen atoms in total. The Balaban J connectivity index is 2.18. The summed E-state index contributed by atoms with van der Waals surface area (Å²) in [6.07, 6.45) is 0.915. The van der Waals surface area contributed by atoms with Gasteiger partial charge in [-0.15, -0.1) is 0 Å². The van der Waals surface area contributed by atoms with E-state index in [2.05, 4.69) is 0 Å². The van der Waals surface area contributed by atoms with Crippen molar-refractivity contribution < 1.29 is 14.2 Å². The molecule has 0 spiro atoms. The molecule has 4 heteroatoms. The van der Waals surface area contributed by atoms with Crippen molar-refractivity contribution in [3.8, 4) is 5.75 Å². The van der Waals surface area contributed by atoms with E-state index in [0.29, 0.717) is 26.4 Å². The molecular weight excluding hydrogens is 218 g/mol. The predicted octanol–water partition coefficient (Wildman–Crippen LogP) is 1.63. The van der Waals surface area contributed by atoms with Gasteiger partial charge >= 0.3 is 0 Å². The molecule has 0 unspecified atom stereocenters. The molecule has 0 atom stereocenters. The average Bonchev–Trinajstić information content (AvgIpc) is 2.41. The van der Waals surface area contributed by atoms with Crippen molar-refractivity contribution in [1.82, 2.24) is 0 Å². The molecule has 94 valence electrons. The maximum absolute atomic E-state index is 5.79. The number of benzene rings is 1. The highest BCUT2D eigenvalue weighted by Gasteiger charge is 2.35. The average molecular weight is 237 g/mol. The SMILES string of the molecule is CCOc1ccc(C2(CN)OCCCO2)cc1. The Bertz CT molecular complexity index is 344. The van der Waals surface area contributed by atoms with E-state index in [-0.39, 0.29) is 0 Å². The van der Waals surface area contributed by atoms with E-state index in [1.54, 1.807) is 0 Å². The minimum absolute atomic E-state index is 0.320. The van der Waals surface area contributed by atoms with E-state index in [1.165, 1.54) is 0 Å². The first-order chi connectivity index (χ1) is 8.30. The van der Waals surface area contributed by atoms with Crippen molar-refractivity contribution >= 4 is 0 Å². The zero-order valence-corrected chi connectivity index (χ0v) is 10.1. The summed E-state index contributed by atoms with van der Waals surface area (Å²) >= 11 is 0. The van der Waals surface area contributed by atoms with E-state index < -0.39 is 5.79 Å². The van der Waals surface area contributed by atoms with Crippen LogP contribution < -0.4 is 10.5 Å². The van der Waals surface area contributed by atoms with Crippen LogP contribution in [0.4, 0.5) is 0 Å². The maximum Gasteiger partial charge on any atom is 0.207 e. The lowest BCUT2D eigenvalue weighted by Gasteiger charge is -2.36. The topological polar surface area (TPSA) is 53.7 Å². The second-order valence-corrected chi connectivity index (χ2v) is 3.96. The molecule has 1 aromatic carbocycles. The second kappa shape index (κ2) is 5.49. The first-order valence-corrected chi connectivity index (χ1v) is 6.02. The molecule has 1 heterocycles. The van der Waals surface area contributed by atoms with Gasteiger partial charge in [-0.3, -0.25) is 0 Å². The Morgan fingerprint density at radius 3 is 2.41 bits per heavy atom. The molecule has 1 saturated heterocycles. The van der Waals surface area contributed by atoms with E-state index in [9.17, 15) is 0 Å². The first-order valence-electron chi connectivity index (χ1n) is 6.02. The van der Waals surface area contributed by atoms with Gasteiger partial charge in [-0.05, 0) is 37.6 Å². The molecule has 0 amide bonds. The van der Waals surface area contributed by atoms with Gasteiger partial charge in [0.25, 0.3) is 0 Å². The van der Waals surface area contributed by atoms with Gasteiger partial charge in [0, 0.05) is 5.56 Å². The van der Waals surface area contributed by atoms with E-state index in [1.807, 2.05) is 31.2 Å². The van der Waals surface area contributed by atoms with Crippen LogP contribution >= 0.6 is 0 Å². The molecule has 1 fully saturated rings. The molecule has 2 rings (SSSR count). The van der Waals surface area contributed by atoms with E-state index >= 15 is 0 Å². The summed E-state index contributed by atoms with van der Waals surface area (Å²) in [4.78, 5) is 0. The molecule has 17 heavy (non-hydrogen) atoms. The second-order valence-electron chi connectivity index (χ2n) is 3.96. The lowest BCUT2D eigenvalue weighted by atomic mass is 10.0. The molecule has 2 N–H and O–H groups in total. The summed E-state index contributed by atoms with van der Waals surface area (Å²) in [6, 6.07) is 7.72. The third-order valence-corrected chi connectivity index (χ3v) is 2.83. The van der Waals surface area contributed by atoms with Crippen molar-refractivity contribution in [3.63, 3.8) is 0 Å². The molecule has 0 aliphatic carbocycles. The smallest absolute Gasteiger partial charge is 0.207 e. The van der Waals surface area contributed by atoms with Gasteiger partial charge in [-0.2, -0.15) is 0 Å². The lowest BCUT2D eigenvalue weighted by molar-refractivity contribution is -0.269. The van der Waals surface area contributed by atoms with Crippen LogP contribution in [0, 0.1) is 0 Å².